The summed E-state index contributed by atoms with van der Waals surface area (Å²) in [4.78, 5) is 14.8. The van der Waals surface area contributed by atoms with Crippen molar-refractivity contribution in [2.75, 3.05) is 5.73 Å². The Kier molecular flexibility index (Phi) is 1.70. The summed E-state index contributed by atoms with van der Waals surface area (Å²) in [5.41, 5.74) is 6.87. The average Bonchev–Trinajstić information content (AvgIpc) is 2.16. The van der Waals surface area contributed by atoms with Crippen LogP contribution < -0.4 is 5.73 Å². The van der Waals surface area contributed by atoms with Gasteiger partial charge in [-0.2, -0.15) is 0 Å². The number of aromatic nitrogens is 1. The molecule has 0 aliphatic heterocycles. The van der Waals surface area contributed by atoms with Gasteiger partial charge in [0.2, 0.25) is 0 Å². The summed E-state index contributed by atoms with van der Waals surface area (Å²) in [7, 11) is 0. The summed E-state index contributed by atoms with van der Waals surface area (Å²) >= 11 is 0. The molecule has 13 heavy (non-hydrogen) atoms. The van der Waals surface area contributed by atoms with Crippen LogP contribution in [0.15, 0.2) is 30.3 Å². The number of rotatable bonds is 1. The van der Waals surface area contributed by atoms with Gasteiger partial charge in [0.25, 0.3) is 0 Å². The molecule has 3 heteroatoms. The van der Waals surface area contributed by atoms with Gasteiger partial charge in [-0.1, -0.05) is 18.2 Å². The number of carbonyl (C=O) groups excluding carboxylic acids is 1. The van der Waals surface area contributed by atoms with Crippen LogP contribution in [0.2, 0.25) is 0 Å². The first kappa shape index (κ1) is 7.73. The van der Waals surface area contributed by atoms with Crippen LogP contribution in [0.5, 0.6) is 0 Å². The summed E-state index contributed by atoms with van der Waals surface area (Å²) in [6, 6.07) is 9.00. The Bertz CT molecular complexity index is 465. The molecule has 1 heterocycles. The van der Waals surface area contributed by atoms with Gasteiger partial charge in [0.15, 0.2) is 6.29 Å². The number of nitrogen functional groups attached to an aromatic ring is 1. The van der Waals surface area contributed by atoms with Gasteiger partial charge in [-0.3, -0.25) is 4.79 Å². The number of benzene rings is 1. The quantitative estimate of drug-likeness (QED) is 0.665. The van der Waals surface area contributed by atoms with Crippen molar-refractivity contribution in [1.82, 2.24) is 4.98 Å². The van der Waals surface area contributed by atoms with E-state index in [0.717, 1.165) is 17.2 Å². The van der Waals surface area contributed by atoms with E-state index in [1.807, 2.05) is 24.3 Å². The molecule has 2 aromatic rings. The maximum Gasteiger partial charge on any atom is 0.150 e. The molecule has 1 aromatic heterocycles. The van der Waals surface area contributed by atoms with Crippen LogP contribution in [0.1, 0.15) is 10.4 Å². The summed E-state index contributed by atoms with van der Waals surface area (Å²) in [6.45, 7) is 0. The van der Waals surface area contributed by atoms with E-state index in [4.69, 9.17) is 5.73 Å². The van der Waals surface area contributed by atoms with Crippen molar-refractivity contribution < 1.29 is 4.79 Å². The lowest BCUT2D eigenvalue weighted by Crippen LogP contribution is -1.93. The van der Waals surface area contributed by atoms with Gasteiger partial charge >= 0.3 is 0 Å². The lowest BCUT2D eigenvalue weighted by Gasteiger charge is -2.00. The summed E-state index contributed by atoms with van der Waals surface area (Å²) in [5.74, 6) is 0.376. The Labute approximate surface area is 75.2 Å². The lowest BCUT2D eigenvalue weighted by atomic mass is 10.1. The SMILES string of the molecule is Nc1cc(C=O)c2ccccc2n1. The van der Waals surface area contributed by atoms with Crippen LogP contribution in [0.4, 0.5) is 5.82 Å². The first-order valence-electron chi connectivity index (χ1n) is 3.91. The zero-order chi connectivity index (χ0) is 9.26. The highest BCUT2D eigenvalue weighted by atomic mass is 16.1. The number of para-hydroxylation sites is 1. The predicted octanol–water partition coefficient (Wildman–Crippen LogP) is 1.63. The van der Waals surface area contributed by atoms with E-state index >= 15 is 0 Å². The second-order valence-corrected chi connectivity index (χ2v) is 2.77. The number of nitrogens with zero attached hydrogens (tertiary/aromatic N) is 1. The van der Waals surface area contributed by atoms with E-state index in [1.54, 1.807) is 6.07 Å². The third-order valence-corrected chi connectivity index (χ3v) is 1.89. The van der Waals surface area contributed by atoms with Crippen LogP contribution >= 0.6 is 0 Å². The van der Waals surface area contributed by atoms with Crippen LogP contribution in [-0.2, 0) is 0 Å². The van der Waals surface area contributed by atoms with E-state index in [1.165, 1.54) is 0 Å². The first-order chi connectivity index (χ1) is 6.31. The summed E-state index contributed by atoms with van der Waals surface area (Å²) in [6.07, 6.45) is 0.792. The largest absolute Gasteiger partial charge is 0.384 e. The van der Waals surface area contributed by atoms with Crippen LogP contribution in [0, 0.1) is 0 Å². The number of anilines is 1. The van der Waals surface area contributed by atoms with Crippen molar-refractivity contribution in [1.29, 1.82) is 0 Å². The number of carbonyl (C=O) groups is 1. The molecule has 0 spiro atoms. The normalized spacial score (nSPS) is 10.2. The smallest absolute Gasteiger partial charge is 0.150 e. The number of nitrogens with two attached hydrogens (primary N) is 1. The van der Waals surface area contributed by atoms with Crippen LogP contribution in [0.25, 0.3) is 10.9 Å². The Balaban J connectivity index is 2.89. The van der Waals surface area contributed by atoms with Crippen molar-refractivity contribution >= 4 is 23.0 Å². The van der Waals surface area contributed by atoms with E-state index in [0.29, 0.717) is 11.4 Å². The van der Waals surface area contributed by atoms with Crippen molar-refractivity contribution in [3.8, 4) is 0 Å². The number of fused-ring (bicyclic) bond motifs is 1. The lowest BCUT2D eigenvalue weighted by molar-refractivity contribution is 0.112. The zero-order valence-corrected chi connectivity index (χ0v) is 6.90. The van der Waals surface area contributed by atoms with Crippen molar-refractivity contribution in [2.24, 2.45) is 0 Å². The minimum atomic E-state index is 0.376. The van der Waals surface area contributed by atoms with Gasteiger partial charge < -0.3 is 5.73 Å². The molecule has 3 nitrogen and oxygen atoms in total. The highest BCUT2D eigenvalue weighted by Crippen LogP contribution is 2.17. The molecule has 0 aliphatic carbocycles. The molecule has 0 radical (unpaired) electrons. The van der Waals surface area contributed by atoms with Gasteiger partial charge in [0, 0.05) is 10.9 Å². The molecule has 0 amide bonds. The van der Waals surface area contributed by atoms with E-state index in [2.05, 4.69) is 4.98 Å². The van der Waals surface area contributed by atoms with Gasteiger partial charge in [0.05, 0.1) is 5.52 Å². The monoisotopic (exact) mass is 172 g/mol. The average molecular weight is 172 g/mol. The van der Waals surface area contributed by atoms with Crippen molar-refractivity contribution in [3.63, 3.8) is 0 Å². The van der Waals surface area contributed by atoms with Crippen molar-refractivity contribution in [2.45, 2.75) is 0 Å². The fourth-order valence-corrected chi connectivity index (χ4v) is 1.32. The number of hydrogen-bond donors (Lipinski definition) is 1. The molecule has 0 unspecified atom stereocenters. The Morgan fingerprint density at radius 1 is 1.31 bits per heavy atom. The maximum atomic E-state index is 10.7. The van der Waals surface area contributed by atoms with Crippen LogP contribution in [0.3, 0.4) is 0 Å². The van der Waals surface area contributed by atoms with Gasteiger partial charge in [-0.15, -0.1) is 0 Å². The summed E-state index contributed by atoms with van der Waals surface area (Å²) in [5, 5.41) is 0.840. The van der Waals surface area contributed by atoms with E-state index in [-0.39, 0.29) is 0 Å². The number of aldehydes is 1. The molecule has 2 rings (SSSR count). The molecular formula is C10H8N2O. The molecule has 2 N–H and O–H groups in total. The topological polar surface area (TPSA) is 56.0 Å². The first-order valence-corrected chi connectivity index (χ1v) is 3.91. The molecule has 0 saturated carbocycles. The van der Waals surface area contributed by atoms with Crippen LogP contribution in [-0.4, -0.2) is 11.3 Å². The minimum Gasteiger partial charge on any atom is -0.384 e. The zero-order valence-electron chi connectivity index (χ0n) is 6.90. The van der Waals surface area contributed by atoms with Gasteiger partial charge in [-0.05, 0) is 12.1 Å². The molecule has 0 bridgehead atoms. The fourth-order valence-electron chi connectivity index (χ4n) is 1.32. The molecule has 64 valence electrons. The van der Waals surface area contributed by atoms with Gasteiger partial charge in [0.1, 0.15) is 5.82 Å². The standard InChI is InChI=1S/C10H8N2O/c11-10-5-7(6-13)8-3-1-2-4-9(8)12-10/h1-6H,(H2,11,12). The molecular weight excluding hydrogens is 164 g/mol. The van der Waals surface area contributed by atoms with Crippen molar-refractivity contribution in [3.05, 3.63) is 35.9 Å². The molecule has 0 aliphatic rings. The maximum absolute atomic E-state index is 10.7. The Morgan fingerprint density at radius 3 is 2.85 bits per heavy atom. The minimum absolute atomic E-state index is 0.376. The summed E-state index contributed by atoms with van der Waals surface area (Å²) < 4.78 is 0. The third-order valence-electron chi connectivity index (χ3n) is 1.89. The predicted molar refractivity (Wildman–Crippen MR) is 51.5 cm³/mol. The number of pyridine rings is 1. The van der Waals surface area contributed by atoms with E-state index < -0.39 is 0 Å². The second-order valence-electron chi connectivity index (χ2n) is 2.77. The molecule has 0 fully saturated rings. The fraction of sp³-hybridized carbons (Fsp3) is 0. The van der Waals surface area contributed by atoms with E-state index in [9.17, 15) is 4.79 Å². The highest BCUT2D eigenvalue weighted by molar-refractivity contribution is 5.97. The highest BCUT2D eigenvalue weighted by Gasteiger charge is 2.01. The third kappa shape index (κ3) is 1.24. The second kappa shape index (κ2) is 2.86. The molecule has 0 atom stereocenters. The Hall–Kier alpha value is -1.90. The van der Waals surface area contributed by atoms with Gasteiger partial charge in [-0.25, -0.2) is 4.98 Å². The number of hydrogen-bond acceptors (Lipinski definition) is 3. The molecule has 0 saturated heterocycles. The molecule has 1 aromatic carbocycles. The Morgan fingerprint density at radius 2 is 2.08 bits per heavy atom.